The van der Waals surface area contributed by atoms with E-state index in [1.165, 1.54) is 13.0 Å². The Morgan fingerprint density at radius 2 is 2.13 bits per heavy atom. The maximum Gasteiger partial charge on any atom is 0.574 e. The number of aromatic nitrogens is 1. The van der Waals surface area contributed by atoms with Crippen molar-refractivity contribution in [1.82, 2.24) is 4.98 Å². The number of alkyl halides is 3. The predicted molar refractivity (Wildman–Crippen MR) is 48.1 cm³/mol. The summed E-state index contributed by atoms with van der Waals surface area (Å²) in [5.74, 6) is -0.739. The van der Waals surface area contributed by atoms with Gasteiger partial charge in [0.25, 0.3) is 0 Å². The van der Waals surface area contributed by atoms with E-state index < -0.39 is 12.2 Å². The van der Waals surface area contributed by atoms with Crippen molar-refractivity contribution in [3.8, 4) is 11.9 Å². The molecule has 0 spiro atoms. The molecule has 0 radical (unpaired) electrons. The van der Waals surface area contributed by atoms with E-state index in [2.05, 4.69) is 25.7 Å². The summed E-state index contributed by atoms with van der Waals surface area (Å²) in [5.41, 5.74) is 0.133. The molecular weight excluding hydrogens is 277 g/mol. The van der Waals surface area contributed by atoms with Crippen molar-refractivity contribution >= 4 is 15.9 Å². The summed E-state index contributed by atoms with van der Waals surface area (Å²) in [6.45, 7) is 1.49. The van der Waals surface area contributed by atoms with Crippen LogP contribution in [0.1, 0.15) is 11.1 Å². The third-order valence-corrected chi connectivity index (χ3v) is 1.88. The van der Waals surface area contributed by atoms with Gasteiger partial charge in [0.1, 0.15) is 16.2 Å². The third kappa shape index (κ3) is 3.09. The van der Waals surface area contributed by atoms with Crippen LogP contribution in [-0.2, 0) is 0 Å². The number of nitriles is 1. The average molecular weight is 281 g/mol. The van der Waals surface area contributed by atoms with Gasteiger partial charge in [-0.05, 0) is 34.5 Å². The van der Waals surface area contributed by atoms with Crippen LogP contribution in [0.5, 0.6) is 5.88 Å². The minimum atomic E-state index is -4.86. The molecule has 0 aliphatic heterocycles. The van der Waals surface area contributed by atoms with Crippen LogP contribution in [0.4, 0.5) is 13.2 Å². The number of hydrogen-bond donors (Lipinski definition) is 0. The van der Waals surface area contributed by atoms with Gasteiger partial charge in [-0.2, -0.15) is 5.26 Å². The SMILES string of the molecule is Cc1cc(Br)nc(OC(F)(F)F)c1C#N. The minimum absolute atomic E-state index is 0.179. The first kappa shape index (κ1) is 11.8. The van der Waals surface area contributed by atoms with Gasteiger partial charge in [-0.1, -0.05) is 0 Å². The molecule has 0 saturated carbocycles. The van der Waals surface area contributed by atoms with E-state index >= 15 is 0 Å². The first-order chi connectivity index (χ1) is 6.83. The highest BCUT2D eigenvalue weighted by atomic mass is 79.9. The normalized spacial score (nSPS) is 10.9. The Morgan fingerprint density at radius 3 is 2.60 bits per heavy atom. The zero-order valence-corrected chi connectivity index (χ0v) is 8.98. The van der Waals surface area contributed by atoms with Crippen LogP contribution in [0, 0.1) is 18.3 Å². The molecule has 80 valence electrons. The smallest absolute Gasteiger partial charge is 0.386 e. The Bertz CT molecular complexity index is 425. The lowest BCUT2D eigenvalue weighted by Crippen LogP contribution is -2.19. The number of ether oxygens (including phenoxy) is 1. The Labute approximate surface area is 91.6 Å². The van der Waals surface area contributed by atoms with Gasteiger partial charge >= 0.3 is 6.36 Å². The van der Waals surface area contributed by atoms with E-state index in [0.717, 1.165) is 0 Å². The van der Waals surface area contributed by atoms with Crippen LogP contribution < -0.4 is 4.74 Å². The molecule has 0 bridgehead atoms. The molecule has 0 fully saturated rings. The first-order valence-corrected chi connectivity index (χ1v) is 4.46. The van der Waals surface area contributed by atoms with Gasteiger partial charge in [0.15, 0.2) is 0 Å². The lowest BCUT2D eigenvalue weighted by molar-refractivity contribution is -0.276. The van der Waals surface area contributed by atoms with Gasteiger partial charge in [-0.15, -0.1) is 13.2 Å². The fourth-order valence-electron chi connectivity index (χ4n) is 0.924. The molecule has 0 N–H and O–H groups in total. The largest absolute Gasteiger partial charge is 0.574 e. The summed E-state index contributed by atoms with van der Waals surface area (Å²) in [5, 5.41) is 8.63. The van der Waals surface area contributed by atoms with Crippen molar-refractivity contribution in [2.75, 3.05) is 0 Å². The van der Waals surface area contributed by atoms with E-state index in [0.29, 0.717) is 5.56 Å². The van der Waals surface area contributed by atoms with Crippen molar-refractivity contribution in [1.29, 1.82) is 5.26 Å². The number of nitrogens with zero attached hydrogens (tertiary/aromatic N) is 2. The first-order valence-electron chi connectivity index (χ1n) is 3.66. The molecule has 15 heavy (non-hydrogen) atoms. The number of aryl methyl sites for hydroxylation is 1. The van der Waals surface area contributed by atoms with Gasteiger partial charge in [0.05, 0.1) is 0 Å². The van der Waals surface area contributed by atoms with Crippen molar-refractivity contribution in [3.05, 3.63) is 21.8 Å². The van der Waals surface area contributed by atoms with E-state index in [1.807, 2.05) is 0 Å². The Morgan fingerprint density at radius 1 is 1.53 bits per heavy atom. The van der Waals surface area contributed by atoms with Gasteiger partial charge in [0, 0.05) is 0 Å². The molecule has 0 aromatic carbocycles. The van der Waals surface area contributed by atoms with Crippen molar-refractivity contribution in [2.24, 2.45) is 0 Å². The summed E-state index contributed by atoms with van der Waals surface area (Å²) in [7, 11) is 0. The Kier molecular flexibility index (Phi) is 3.19. The number of pyridine rings is 1. The van der Waals surface area contributed by atoms with Gasteiger partial charge in [0.2, 0.25) is 5.88 Å². The van der Waals surface area contributed by atoms with Crippen molar-refractivity contribution in [2.45, 2.75) is 13.3 Å². The van der Waals surface area contributed by atoms with Crippen LogP contribution >= 0.6 is 15.9 Å². The van der Waals surface area contributed by atoms with Crippen molar-refractivity contribution in [3.63, 3.8) is 0 Å². The highest BCUT2D eigenvalue weighted by Crippen LogP contribution is 2.27. The van der Waals surface area contributed by atoms with Gasteiger partial charge in [-0.3, -0.25) is 0 Å². The molecule has 3 nitrogen and oxygen atoms in total. The predicted octanol–water partition coefficient (Wildman–Crippen LogP) is 2.92. The molecule has 0 atom stereocenters. The van der Waals surface area contributed by atoms with E-state index in [9.17, 15) is 13.2 Å². The summed E-state index contributed by atoms with van der Waals surface area (Å²) < 4.78 is 39.6. The van der Waals surface area contributed by atoms with Crippen LogP contribution in [0.25, 0.3) is 0 Å². The standard InChI is InChI=1S/C8H4BrF3N2O/c1-4-2-6(9)14-7(5(4)3-13)15-8(10,11)12/h2H,1H3. The molecule has 0 unspecified atom stereocenters. The second-order valence-corrected chi connectivity index (χ2v) is 3.41. The molecule has 0 saturated heterocycles. The fourth-order valence-corrected chi connectivity index (χ4v) is 1.43. The lowest BCUT2D eigenvalue weighted by atomic mass is 10.2. The summed E-state index contributed by atoms with van der Waals surface area (Å²) in [6, 6.07) is 3.04. The number of halogens is 4. The Balaban J connectivity index is 3.23. The molecular formula is C8H4BrF3N2O. The average Bonchev–Trinajstić information content (AvgIpc) is 1.99. The minimum Gasteiger partial charge on any atom is -0.386 e. The summed E-state index contributed by atoms with van der Waals surface area (Å²) in [4.78, 5) is 3.44. The second kappa shape index (κ2) is 4.06. The number of rotatable bonds is 1. The van der Waals surface area contributed by atoms with Crippen LogP contribution in [0.2, 0.25) is 0 Å². The maximum absolute atomic E-state index is 11.9. The van der Waals surface area contributed by atoms with Crippen molar-refractivity contribution < 1.29 is 17.9 Å². The fraction of sp³-hybridized carbons (Fsp3) is 0.250. The zero-order chi connectivity index (χ0) is 11.6. The highest BCUT2D eigenvalue weighted by Gasteiger charge is 2.33. The molecule has 1 aromatic heterocycles. The quantitative estimate of drug-likeness (QED) is 0.743. The summed E-state index contributed by atoms with van der Waals surface area (Å²) >= 11 is 2.92. The van der Waals surface area contributed by atoms with E-state index in [4.69, 9.17) is 5.26 Å². The molecule has 1 rings (SSSR count). The molecule has 1 heterocycles. The van der Waals surface area contributed by atoms with Crippen LogP contribution in [0.3, 0.4) is 0 Å². The van der Waals surface area contributed by atoms with E-state index in [-0.39, 0.29) is 10.2 Å². The monoisotopic (exact) mass is 280 g/mol. The molecule has 7 heteroatoms. The molecule has 1 aromatic rings. The molecule has 0 aliphatic carbocycles. The summed E-state index contributed by atoms with van der Waals surface area (Å²) in [6.07, 6.45) is -4.86. The Hall–Kier alpha value is -1.29. The maximum atomic E-state index is 11.9. The zero-order valence-electron chi connectivity index (χ0n) is 7.39. The number of hydrogen-bond acceptors (Lipinski definition) is 3. The van der Waals surface area contributed by atoms with Gasteiger partial charge < -0.3 is 4.74 Å². The molecule has 0 amide bonds. The topological polar surface area (TPSA) is 45.9 Å². The third-order valence-electron chi connectivity index (χ3n) is 1.48. The highest BCUT2D eigenvalue weighted by molar-refractivity contribution is 9.10. The van der Waals surface area contributed by atoms with Gasteiger partial charge in [-0.25, -0.2) is 4.98 Å². The van der Waals surface area contributed by atoms with Crippen LogP contribution in [0.15, 0.2) is 10.7 Å². The second-order valence-electron chi connectivity index (χ2n) is 2.60. The molecule has 0 aliphatic rings. The lowest BCUT2D eigenvalue weighted by Gasteiger charge is -2.10. The van der Waals surface area contributed by atoms with Crippen LogP contribution in [-0.4, -0.2) is 11.3 Å². The van der Waals surface area contributed by atoms with E-state index in [1.54, 1.807) is 6.07 Å².